The maximum atomic E-state index is 13.8. The Balaban J connectivity index is 1.04. The average molecular weight is 564 g/mol. The molecule has 0 radical (unpaired) electrons. The molecule has 1 spiro atoms. The second-order valence-corrected chi connectivity index (χ2v) is 13.0. The Hall–Kier alpha value is -3.36. The zero-order valence-electron chi connectivity index (χ0n) is 22.7. The van der Waals surface area contributed by atoms with Crippen molar-refractivity contribution in [3.8, 4) is 0 Å². The van der Waals surface area contributed by atoms with Gasteiger partial charge in [0.2, 0.25) is 0 Å². The van der Waals surface area contributed by atoms with Gasteiger partial charge in [-0.15, -0.1) is 0 Å². The topological polar surface area (TPSA) is 79.5 Å². The van der Waals surface area contributed by atoms with Crippen molar-refractivity contribution < 1.29 is 27.6 Å². The minimum Gasteiger partial charge on any atom is -0.477 e. The first-order chi connectivity index (χ1) is 19.7. The van der Waals surface area contributed by atoms with E-state index in [4.69, 9.17) is 9.68 Å². The molecule has 4 aliphatic carbocycles. The number of alkyl halides is 3. The predicted octanol–water partition coefficient (Wildman–Crippen LogP) is 7.79. The average Bonchev–Trinajstić information content (AvgIpc) is 3.78. The Kier molecular flexibility index (Phi) is 5.46. The van der Waals surface area contributed by atoms with Crippen LogP contribution in [0.2, 0.25) is 0 Å². The summed E-state index contributed by atoms with van der Waals surface area (Å²) in [6.45, 7) is 1.49. The number of nitrogens with zero attached hydrogens (tertiary/aromatic N) is 3. The summed E-state index contributed by atoms with van der Waals surface area (Å²) in [6.07, 6.45) is 8.25. The van der Waals surface area contributed by atoms with Crippen LogP contribution in [-0.2, 0) is 6.18 Å². The van der Waals surface area contributed by atoms with Crippen molar-refractivity contribution >= 4 is 28.1 Å². The van der Waals surface area contributed by atoms with Crippen LogP contribution in [-0.4, -0.2) is 34.3 Å². The third-order valence-electron chi connectivity index (χ3n) is 10.1. The number of hydrogen-bond acceptors (Lipinski definition) is 5. The summed E-state index contributed by atoms with van der Waals surface area (Å²) in [7, 11) is 0. The molecule has 4 fully saturated rings. The molecular formula is C32H32F3N3O3. The van der Waals surface area contributed by atoms with Crippen LogP contribution in [0.4, 0.5) is 18.9 Å². The molecule has 0 atom stereocenters. The maximum absolute atomic E-state index is 13.8. The molecule has 3 aromatic rings. The first-order valence-corrected chi connectivity index (χ1v) is 14.9. The highest BCUT2D eigenvalue weighted by Crippen LogP contribution is 2.60. The molecule has 214 valence electrons. The van der Waals surface area contributed by atoms with Crippen LogP contribution >= 0.6 is 0 Å². The second-order valence-electron chi connectivity index (χ2n) is 13.0. The molecule has 1 N–H and O–H groups in total. The van der Waals surface area contributed by atoms with Gasteiger partial charge in [-0.05, 0) is 105 Å². The Labute approximate surface area is 235 Å². The summed E-state index contributed by atoms with van der Waals surface area (Å²) in [5.41, 5.74) is 3.23. The van der Waals surface area contributed by atoms with E-state index in [1.807, 2.05) is 0 Å². The Bertz CT molecular complexity index is 1580. The molecule has 8 rings (SSSR count). The van der Waals surface area contributed by atoms with Crippen molar-refractivity contribution in [2.45, 2.75) is 75.8 Å². The van der Waals surface area contributed by atoms with Crippen molar-refractivity contribution in [1.29, 1.82) is 0 Å². The van der Waals surface area contributed by atoms with E-state index >= 15 is 0 Å². The maximum Gasteiger partial charge on any atom is 0.417 e. The quantitative estimate of drug-likeness (QED) is 0.316. The van der Waals surface area contributed by atoms with Crippen molar-refractivity contribution in [2.24, 2.45) is 17.3 Å². The Morgan fingerprint density at radius 3 is 2.32 bits per heavy atom. The van der Waals surface area contributed by atoms with Crippen LogP contribution in [0.5, 0.6) is 0 Å². The van der Waals surface area contributed by atoms with Crippen molar-refractivity contribution in [1.82, 2.24) is 10.1 Å². The number of aromatic nitrogens is 2. The van der Waals surface area contributed by atoms with Gasteiger partial charge in [0.25, 0.3) is 0 Å². The van der Waals surface area contributed by atoms with Gasteiger partial charge in [0.1, 0.15) is 11.5 Å². The van der Waals surface area contributed by atoms with Crippen LogP contribution in [0.3, 0.4) is 0 Å². The lowest BCUT2D eigenvalue weighted by Crippen LogP contribution is -2.42. The number of carbonyl (C=O) groups is 1. The molecule has 1 aliphatic heterocycles. The molecule has 3 heterocycles. The van der Waals surface area contributed by atoms with Crippen molar-refractivity contribution in [2.75, 3.05) is 18.0 Å². The molecule has 0 amide bonds. The summed E-state index contributed by atoms with van der Waals surface area (Å²) in [6, 6.07) is 5.40. The number of aromatic carboxylic acids is 1. The van der Waals surface area contributed by atoms with Gasteiger partial charge >= 0.3 is 12.1 Å². The molecule has 1 aromatic carbocycles. The Morgan fingerprint density at radius 1 is 1.05 bits per heavy atom. The number of allylic oxidation sites excluding steroid dienone is 2. The number of carboxylic acid groups (broad SMARTS) is 1. The first kappa shape index (κ1) is 25.4. The van der Waals surface area contributed by atoms with E-state index in [0.29, 0.717) is 23.6 Å². The highest BCUT2D eigenvalue weighted by atomic mass is 19.4. The van der Waals surface area contributed by atoms with Gasteiger partial charge in [-0.1, -0.05) is 11.2 Å². The molecule has 5 aliphatic rings. The number of halogens is 3. The fraction of sp³-hybridized carbons (Fsp3) is 0.531. The highest BCUT2D eigenvalue weighted by Gasteiger charge is 2.49. The van der Waals surface area contributed by atoms with Crippen LogP contribution in [0.25, 0.3) is 16.5 Å². The van der Waals surface area contributed by atoms with Crippen LogP contribution in [0.1, 0.15) is 103 Å². The molecule has 41 heavy (non-hydrogen) atoms. The number of pyridine rings is 1. The third kappa shape index (κ3) is 4.43. The third-order valence-corrected chi connectivity index (χ3v) is 10.1. The van der Waals surface area contributed by atoms with E-state index in [2.05, 4.69) is 16.0 Å². The van der Waals surface area contributed by atoms with Gasteiger partial charge in [-0.3, -0.25) is 0 Å². The standard InChI is InChI=1S/C32H32F3N3O3/c33-32(34,35)23-14-25(30(39)40)36-24-8-7-21(13-22(23)24)38-11-9-31(10-12-38)15-20(16-31)27-28(37-41-29(27)19-5-6-19)26(17-1-2-17)18-3-4-18/h7-8,13-15,17-19,26H,1-6,9-12,16H2,(H,39,40). The lowest BCUT2D eigenvalue weighted by Gasteiger charge is -2.47. The van der Waals surface area contributed by atoms with Gasteiger partial charge in [0, 0.05) is 41.6 Å². The van der Waals surface area contributed by atoms with Crippen LogP contribution in [0.15, 0.2) is 34.9 Å². The molecule has 2 aromatic heterocycles. The van der Waals surface area contributed by atoms with E-state index in [-0.39, 0.29) is 16.3 Å². The predicted molar refractivity (Wildman–Crippen MR) is 147 cm³/mol. The molecule has 0 unspecified atom stereocenters. The number of rotatable bonds is 7. The van der Waals surface area contributed by atoms with Gasteiger partial charge in [-0.25, -0.2) is 9.78 Å². The number of anilines is 1. The van der Waals surface area contributed by atoms with E-state index < -0.39 is 23.4 Å². The normalized spacial score (nSPS) is 22.3. The number of hydrogen-bond donors (Lipinski definition) is 1. The zero-order chi connectivity index (χ0) is 28.1. The van der Waals surface area contributed by atoms with E-state index in [0.717, 1.165) is 49.9 Å². The monoisotopic (exact) mass is 563 g/mol. The summed E-state index contributed by atoms with van der Waals surface area (Å²) in [4.78, 5) is 17.4. The largest absolute Gasteiger partial charge is 0.477 e. The number of carboxylic acids is 1. The van der Waals surface area contributed by atoms with E-state index in [1.54, 1.807) is 6.07 Å². The second kappa shape index (κ2) is 8.82. The van der Waals surface area contributed by atoms with Gasteiger partial charge in [0.05, 0.1) is 16.8 Å². The lowest BCUT2D eigenvalue weighted by atomic mass is 9.63. The molecule has 6 nitrogen and oxygen atoms in total. The van der Waals surface area contributed by atoms with Crippen molar-refractivity contribution in [3.05, 3.63) is 58.6 Å². The number of piperidine rings is 1. The summed E-state index contributed by atoms with van der Waals surface area (Å²) in [5.74, 6) is 2.23. The summed E-state index contributed by atoms with van der Waals surface area (Å²) >= 11 is 0. The minimum absolute atomic E-state index is 0.0349. The highest BCUT2D eigenvalue weighted by molar-refractivity contribution is 5.93. The smallest absolute Gasteiger partial charge is 0.417 e. The summed E-state index contributed by atoms with van der Waals surface area (Å²) < 4.78 is 47.6. The number of fused-ring (bicyclic) bond motifs is 1. The lowest BCUT2D eigenvalue weighted by molar-refractivity contribution is -0.136. The van der Waals surface area contributed by atoms with Gasteiger partial charge in [0.15, 0.2) is 0 Å². The molecular weight excluding hydrogens is 531 g/mol. The fourth-order valence-corrected chi connectivity index (χ4v) is 7.40. The summed E-state index contributed by atoms with van der Waals surface area (Å²) in [5, 5.41) is 13.9. The molecule has 1 saturated heterocycles. The van der Waals surface area contributed by atoms with Gasteiger partial charge < -0.3 is 14.5 Å². The molecule has 9 heteroatoms. The molecule has 3 saturated carbocycles. The minimum atomic E-state index is -4.68. The van der Waals surface area contributed by atoms with Gasteiger partial charge in [-0.2, -0.15) is 13.2 Å². The van der Waals surface area contributed by atoms with Crippen LogP contribution in [0, 0.1) is 17.3 Å². The fourth-order valence-electron chi connectivity index (χ4n) is 7.40. The Morgan fingerprint density at radius 2 is 1.73 bits per heavy atom. The van der Waals surface area contributed by atoms with E-state index in [9.17, 15) is 23.1 Å². The SMILES string of the molecule is O=C(O)c1cc(C(F)(F)F)c2cc(N3CCC4(C=C(c5c(C(C6CC6)C6CC6)noc5C5CC5)C4)CC3)ccc2n1. The van der Waals surface area contributed by atoms with E-state index in [1.165, 1.54) is 67.5 Å². The molecule has 0 bridgehead atoms. The zero-order valence-corrected chi connectivity index (χ0v) is 22.7. The first-order valence-electron chi connectivity index (χ1n) is 14.9. The number of benzene rings is 1. The van der Waals surface area contributed by atoms with Crippen LogP contribution < -0.4 is 4.90 Å². The van der Waals surface area contributed by atoms with Crippen molar-refractivity contribution in [3.63, 3.8) is 0 Å².